The molecule has 2 rings (SSSR count). The lowest BCUT2D eigenvalue weighted by Crippen LogP contribution is -2.12. The Hall–Kier alpha value is -1.74. The van der Waals surface area contributed by atoms with Gasteiger partial charge in [0.05, 0.1) is 0 Å². The second-order valence-electron chi connectivity index (χ2n) is 5.02. The van der Waals surface area contributed by atoms with Crippen LogP contribution in [0.3, 0.4) is 0 Å². The molecule has 0 aliphatic carbocycles. The summed E-state index contributed by atoms with van der Waals surface area (Å²) in [4.78, 5) is 0. The third-order valence-electron chi connectivity index (χ3n) is 3.07. The summed E-state index contributed by atoms with van der Waals surface area (Å²) >= 11 is 1.94. The van der Waals surface area contributed by atoms with Crippen LogP contribution < -0.4 is 5.73 Å². The van der Waals surface area contributed by atoms with E-state index in [1.54, 1.807) is 0 Å². The van der Waals surface area contributed by atoms with Crippen LogP contribution in [0, 0.1) is 5.41 Å². The minimum absolute atomic E-state index is 0.111. The Morgan fingerprint density at radius 2 is 1.75 bits per heavy atom. The van der Waals surface area contributed by atoms with E-state index in [0.717, 1.165) is 22.4 Å². The maximum atomic E-state index is 7.66. The summed E-state index contributed by atoms with van der Waals surface area (Å²) in [7, 11) is 0. The third kappa shape index (κ3) is 3.64. The van der Waals surface area contributed by atoms with Gasteiger partial charge in [-0.3, -0.25) is 5.41 Å². The number of rotatable bonds is 5. The number of nitrogens with two attached hydrogens (primary N) is 1. The zero-order valence-corrected chi connectivity index (χ0v) is 12.7. The molecule has 0 heterocycles. The van der Waals surface area contributed by atoms with Gasteiger partial charge in [-0.15, -0.1) is 0 Å². The number of benzene rings is 2. The van der Waals surface area contributed by atoms with Crippen molar-refractivity contribution in [3.05, 3.63) is 59.7 Å². The molecule has 0 aliphatic rings. The first-order valence-electron chi connectivity index (χ1n) is 6.72. The molecule has 0 amide bonds. The average molecular weight is 284 g/mol. The molecule has 0 bridgehead atoms. The highest BCUT2D eigenvalue weighted by Crippen LogP contribution is 2.25. The third-order valence-corrected chi connectivity index (χ3v) is 4.23. The lowest BCUT2D eigenvalue weighted by atomic mass is 9.98. The van der Waals surface area contributed by atoms with Crippen molar-refractivity contribution in [3.8, 4) is 11.1 Å². The normalized spacial score (nSPS) is 10.8. The molecule has 0 radical (unpaired) electrons. The van der Waals surface area contributed by atoms with E-state index in [1.165, 1.54) is 5.56 Å². The van der Waals surface area contributed by atoms with E-state index in [2.05, 4.69) is 38.1 Å². The van der Waals surface area contributed by atoms with Gasteiger partial charge in [0.15, 0.2) is 0 Å². The van der Waals surface area contributed by atoms with Crippen molar-refractivity contribution >= 4 is 17.6 Å². The SMILES string of the molecule is CC(C)SCc1ccc(-c2ccccc2C(=N)N)cc1. The molecule has 3 heteroatoms. The van der Waals surface area contributed by atoms with Gasteiger partial charge in [0.25, 0.3) is 0 Å². The second-order valence-corrected chi connectivity index (χ2v) is 6.58. The second kappa shape index (κ2) is 6.62. The lowest BCUT2D eigenvalue weighted by Gasteiger charge is -2.10. The van der Waals surface area contributed by atoms with E-state index >= 15 is 0 Å². The summed E-state index contributed by atoms with van der Waals surface area (Å²) in [5, 5.41) is 8.30. The minimum Gasteiger partial charge on any atom is -0.384 e. The number of thioether (sulfide) groups is 1. The molecule has 0 atom stereocenters. The van der Waals surface area contributed by atoms with E-state index < -0.39 is 0 Å². The van der Waals surface area contributed by atoms with Crippen molar-refractivity contribution in [1.29, 1.82) is 5.41 Å². The lowest BCUT2D eigenvalue weighted by molar-refractivity contribution is 1.11. The highest BCUT2D eigenvalue weighted by Gasteiger charge is 2.06. The van der Waals surface area contributed by atoms with Crippen molar-refractivity contribution in [2.45, 2.75) is 24.9 Å². The fraction of sp³-hybridized carbons (Fsp3) is 0.235. The van der Waals surface area contributed by atoms with Crippen LogP contribution in [0.15, 0.2) is 48.5 Å². The van der Waals surface area contributed by atoms with E-state index in [4.69, 9.17) is 11.1 Å². The van der Waals surface area contributed by atoms with Crippen LogP contribution in [0.5, 0.6) is 0 Å². The maximum absolute atomic E-state index is 7.66. The molecule has 0 aromatic heterocycles. The van der Waals surface area contributed by atoms with E-state index in [9.17, 15) is 0 Å². The van der Waals surface area contributed by atoms with Gasteiger partial charge < -0.3 is 5.73 Å². The monoisotopic (exact) mass is 284 g/mol. The predicted octanol–water partition coefficient (Wildman–Crippen LogP) is 4.28. The number of hydrogen-bond acceptors (Lipinski definition) is 2. The first-order chi connectivity index (χ1) is 9.58. The first-order valence-corrected chi connectivity index (χ1v) is 7.77. The molecule has 3 N–H and O–H groups in total. The fourth-order valence-corrected chi connectivity index (χ4v) is 2.73. The fourth-order valence-electron chi connectivity index (χ4n) is 2.01. The average Bonchev–Trinajstić information content (AvgIpc) is 2.45. The van der Waals surface area contributed by atoms with Gasteiger partial charge in [-0.1, -0.05) is 62.4 Å². The van der Waals surface area contributed by atoms with E-state index in [-0.39, 0.29) is 5.84 Å². The molecule has 2 aromatic rings. The number of amidine groups is 1. The summed E-state index contributed by atoms with van der Waals surface area (Å²) in [5.74, 6) is 1.15. The maximum Gasteiger partial charge on any atom is 0.123 e. The molecule has 2 aromatic carbocycles. The molecule has 0 saturated carbocycles. The van der Waals surface area contributed by atoms with Crippen LogP contribution in [-0.2, 0) is 5.75 Å². The molecule has 0 fully saturated rings. The van der Waals surface area contributed by atoms with Crippen LogP contribution >= 0.6 is 11.8 Å². The molecule has 0 unspecified atom stereocenters. The Labute approximate surface area is 124 Å². The van der Waals surface area contributed by atoms with Crippen molar-refractivity contribution in [2.24, 2.45) is 5.73 Å². The van der Waals surface area contributed by atoms with Gasteiger partial charge in [-0.2, -0.15) is 11.8 Å². The first kappa shape index (κ1) is 14.7. The van der Waals surface area contributed by atoms with Gasteiger partial charge >= 0.3 is 0 Å². The number of hydrogen-bond donors (Lipinski definition) is 2. The smallest absolute Gasteiger partial charge is 0.123 e. The summed E-state index contributed by atoms with van der Waals surface area (Å²) in [6, 6.07) is 16.3. The standard InChI is InChI=1S/C17H20N2S/c1-12(2)20-11-13-7-9-14(10-8-13)15-5-3-4-6-16(15)17(18)19/h3-10,12H,11H2,1-2H3,(H3,18,19). The Morgan fingerprint density at radius 3 is 2.35 bits per heavy atom. The van der Waals surface area contributed by atoms with E-state index in [1.807, 2.05) is 36.0 Å². The zero-order valence-electron chi connectivity index (χ0n) is 11.9. The van der Waals surface area contributed by atoms with Crippen LogP contribution in [0.1, 0.15) is 25.0 Å². The topological polar surface area (TPSA) is 49.9 Å². The molecule has 20 heavy (non-hydrogen) atoms. The summed E-state index contributed by atoms with van der Waals surface area (Å²) in [6.45, 7) is 4.42. The molecular weight excluding hydrogens is 264 g/mol. The molecule has 2 nitrogen and oxygen atoms in total. The molecule has 0 aliphatic heterocycles. The molecule has 0 saturated heterocycles. The molecular formula is C17H20N2S. The van der Waals surface area contributed by atoms with Gasteiger partial charge in [0.2, 0.25) is 0 Å². The Morgan fingerprint density at radius 1 is 1.10 bits per heavy atom. The highest BCUT2D eigenvalue weighted by molar-refractivity contribution is 7.99. The minimum atomic E-state index is 0.111. The van der Waals surface area contributed by atoms with Crippen LogP contribution in [0.4, 0.5) is 0 Å². The molecule has 0 spiro atoms. The summed E-state index contributed by atoms with van der Waals surface area (Å²) < 4.78 is 0. The zero-order chi connectivity index (χ0) is 14.5. The van der Waals surface area contributed by atoms with Crippen LogP contribution in [0.25, 0.3) is 11.1 Å². The quantitative estimate of drug-likeness (QED) is 0.636. The van der Waals surface area contributed by atoms with Gasteiger partial charge in [-0.25, -0.2) is 0 Å². The largest absolute Gasteiger partial charge is 0.384 e. The Bertz CT molecular complexity index is 588. The Kier molecular flexibility index (Phi) is 4.85. The highest BCUT2D eigenvalue weighted by atomic mass is 32.2. The van der Waals surface area contributed by atoms with Crippen LogP contribution in [0.2, 0.25) is 0 Å². The summed E-state index contributed by atoms with van der Waals surface area (Å²) in [6.07, 6.45) is 0. The van der Waals surface area contributed by atoms with Gasteiger partial charge in [0.1, 0.15) is 5.84 Å². The Balaban J connectivity index is 2.24. The van der Waals surface area contributed by atoms with Crippen LogP contribution in [-0.4, -0.2) is 11.1 Å². The van der Waals surface area contributed by atoms with Crippen molar-refractivity contribution in [3.63, 3.8) is 0 Å². The summed E-state index contributed by atoms with van der Waals surface area (Å²) in [5.41, 5.74) is 9.88. The predicted molar refractivity (Wildman–Crippen MR) is 89.3 cm³/mol. The molecule has 104 valence electrons. The number of nitrogens with one attached hydrogen (secondary N) is 1. The van der Waals surface area contributed by atoms with Crippen molar-refractivity contribution in [2.75, 3.05) is 0 Å². The van der Waals surface area contributed by atoms with Crippen molar-refractivity contribution in [1.82, 2.24) is 0 Å². The van der Waals surface area contributed by atoms with Gasteiger partial charge in [0, 0.05) is 11.3 Å². The van der Waals surface area contributed by atoms with Gasteiger partial charge in [-0.05, 0) is 21.9 Å². The van der Waals surface area contributed by atoms with E-state index in [0.29, 0.717) is 5.25 Å². The van der Waals surface area contributed by atoms with Crippen molar-refractivity contribution < 1.29 is 0 Å². The number of nitrogen functional groups attached to an aromatic ring is 1.